The van der Waals surface area contributed by atoms with E-state index in [1.54, 1.807) is 0 Å². The lowest BCUT2D eigenvalue weighted by molar-refractivity contribution is 0.621. The quantitative estimate of drug-likeness (QED) is 0.543. The van der Waals surface area contributed by atoms with Gasteiger partial charge in [-0.05, 0) is 13.0 Å². The molecule has 47 valence electrons. The van der Waals surface area contributed by atoms with E-state index in [1.165, 1.54) is 6.07 Å². The van der Waals surface area contributed by atoms with E-state index in [2.05, 4.69) is 11.9 Å². The summed E-state index contributed by atoms with van der Waals surface area (Å²) in [6.07, 6.45) is 1.08. The van der Waals surface area contributed by atoms with Gasteiger partial charge in [-0.15, -0.1) is 0 Å². The van der Waals surface area contributed by atoms with Crippen LogP contribution in [0.5, 0.6) is 0 Å². The molecule has 0 fully saturated rings. The number of hydrogen-bond donors (Lipinski definition) is 0. The molecule has 1 rings (SSSR count). The van der Waals surface area contributed by atoms with Crippen LogP contribution >= 0.6 is 11.6 Å². The smallest absolute Gasteiger partial charge is 0.142 e. The van der Waals surface area contributed by atoms with E-state index >= 15 is 0 Å². The van der Waals surface area contributed by atoms with Crippen LogP contribution in [-0.4, -0.2) is 4.98 Å². The molecule has 0 saturated carbocycles. The lowest BCUT2D eigenvalue weighted by atomic mass is 10.4. The number of hydrogen-bond acceptors (Lipinski definition) is 1. The number of halogens is 2. The fourth-order valence-corrected chi connectivity index (χ4v) is 0.596. The monoisotopic (exact) mass is 144 g/mol. The number of rotatable bonds is 0. The van der Waals surface area contributed by atoms with Crippen molar-refractivity contribution in [3.8, 4) is 0 Å². The summed E-state index contributed by atoms with van der Waals surface area (Å²) in [5.41, 5.74) is 0.401. The molecule has 0 aliphatic heterocycles. The summed E-state index contributed by atoms with van der Waals surface area (Å²) >= 11 is 5.45. The highest BCUT2D eigenvalue weighted by Crippen LogP contribution is 2.12. The van der Waals surface area contributed by atoms with Crippen molar-refractivity contribution in [3.63, 3.8) is 0 Å². The Morgan fingerprint density at radius 1 is 1.67 bits per heavy atom. The van der Waals surface area contributed by atoms with Gasteiger partial charge in [0.05, 0.1) is 16.9 Å². The molecule has 0 bridgehead atoms. The van der Waals surface area contributed by atoms with Crippen molar-refractivity contribution in [2.24, 2.45) is 0 Å². The first kappa shape index (κ1) is 6.49. The van der Waals surface area contributed by atoms with Crippen LogP contribution in [0.15, 0.2) is 12.3 Å². The molecule has 0 aliphatic rings. The van der Waals surface area contributed by atoms with Crippen molar-refractivity contribution in [2.75, 3.05) is 0 Å². The molecule has 0 aromatic carbocycles. The molecule has 3 heteroatoms. The zero-order valence-corrected chi connectivity index (χ0v) is 5.32. The summed E-state index contributed by atoms with van der Waals surface area (Å²) in [7, 11) is 0. The third-order valence-corrected chi connectivity index (χ3v) is 1.21. The zero-order valence-electron chi connectivity index (χ0n) is 4.56. The SMILES string of the molecule is [CH2]c1ncc(F)cc1Cl. The minimum atomic E-state index is -0.438. The predicted octanol–water partition coefficient (Wildman–Crippen LogP) is 2.06. The Bertz CT molecular complexity index is 224. The largest absolute Gasteiger partial charge is 0.257 e. The highest BCUT2D eigenvalue weighted by molar-refractivity contribution is 6.31. The van der Waals surface area contributed by atoms with Gasteiger partial charge < -0.3 is 0 Å². The summed E-state index contributed by atoms with van der Waals surface area (Å²) in [6, 6.07) is 1.18. The minimum absolute atomic E-state index is 0.259. The molecular weight excluding hydrogens is 141 g/mol. The van der Waals surface area contributed by atoms with Gasteiger partial charge in [0.25, 0.3) is 0 Å². The first-order chi connectivity index (χ1) is 4.20. The summed E-state index contributed by atoms with van der Waals surface area (Å²) in [5, 5.41) is 0.259. The van der Waals surface area contributed by atoms with Gasteiger partial charge in [0.15, 0.2) is 0 Å². The van der Waals surface area contributed by atoms with Crippen LogP contribution in [0.25, 0.3) is 0 Å². The molecule has 1 aromatic heterocycles. The van der Waals surface area contributed by atoms with Gasteiger partial charge in [0.1, 0.15) is 5.82 Å². The van der Waals surface area contributed by atoms with Crippen LogP contribution in [0.2, 0.25) is 5.02 Å². The maximum Gasteiger partial charge on any atom is 0.142 e. The van der Waals surface area contributed by atoms with Gasteiger partial charge in [0.2, 0.25) is 0 Å². The molecule has 1 heterocycles. The molecule has 0 N–H and O–H groups in total. The molecule has 1 nitrogen and oxygen atoms in total. The molecule has 0 unspecified atom stereocenters. The fraction of sp³-hybridized carbons (Fsp3) is 0. The Morgan fingerprint density at radius 3 is 2.78 bits per heavy atom. The van der Waals surface area contributed by atoms with E-state index in [9.17, 15) is 4.39 Å². The Kier molecular flexibility index (Phi) is 1.67. The maximum atomic E-state index is 12.2. The molecular formula is C6H4ClFN. The fourth-order valence-electron chi connectivity index (χ4n) is 0.443. The molecule has 0 spiro atoms. The van der Waals surface area contributed by atoms with Crippen LogP contribution in [0.3, 0.4) is 0 Å². The second-order valence-electron chi connectivity index (χ2n) is 1.58. The van der Waals surface area contributed by atoms with Crippen LogP contribution in [-0.2, 0) is 0 Å². The molecule has 0 aliphatic carbocycles. The van der Waals surface area contributed by atoms with Gasteiger partial charge in [-0.25, -0.2) is 4.39 Å². The molecule has 1 aromatic rings. The van der Waals surface area contributed by atoms with Crippen LogP contribution < -0.4 is 0 Å². The molecule has 0 amide bonds. The molecule has 0 saturated heterocycles. The van der Waals surface area contributed by atoms with E-state index in [0.29, 0.717) is 5.69 Å². The minimum Gasteiger partial charge on any atom is -0.257 e. The average molecular weight is 145 g/mol. The van der Waals surface area contributed by atoms with E-state index in [0.717, 1.165) is 6.20 Å². The third kappa shape index (κ3) is 1.39. The van der Waals surface area contributed by atoms with Gasteiger partial charge in [0, 0.05) is 0 Å². The topological polar surface area (TPSA) is 12.9 Å². The van der Waals surface area contributed by atoms with Gasteiger partial charge in [-0.2, -0.15) is 0 Å². The first-order valence-electron chi connectivity index (χ1n) is 2.33. The molecule has 9 heavy (non-hydrogen) atoms. The average Bonchev–Trinajstić information content (AvgIpc) is 1.80. The van der Waals surface area contributed by atoms with Crippen molar-refractivity contribution >= 4 is 11.6 Å². The second kappa shape index (κ2) is 2.31. The molecule has 1 radical (unpaired) electrons. The van der Waals surface area contributed by atoms with Gasteiger partial charge in [-0.1, -0.05) is 11.6 Å². The lowest BCUT2D eigenvalue weighted by Crippen LogP contribution is -1.82. The number of aromatic nitrogens is 1. The van der Waals surface area contributed by atoms with Gasteiger partial charge >= 0.3 is 0 Å². The first-order valence-corrected chi connectivity index (χ1v) is 2.71. The highest BCUT2D eigenvalue weighted by Gasteiger charge is 1.95. The van der Waals surface area contributed by atoms with Crippen molar-refractivity contribution in [1.29, 1.82) is 0 Å². The summed E-state index contributed by atoms with van der Waals surface area (Å²) < 4.78 is 12.2. The van der Waals surface area contributed by atoms with E-state index in [1.807, 2.05) is 0 Å². The summed E-state index contributed by atoms with van der Waals surface area (Å²) in [5.74, 6) is -0.438. The Labute approximate surface area is 57.5 Å². The Morgan fingerprint density at radius 2 is 2.33 bits per heavy atom. The van der Waals surface area contributed by atoms with Crippen molar-refractivity contribution < 1.29 is 4.39 Å². The lowest BCUT2D eigenvalue weighted by Gasteiger charge is -1.92. The van der Waals surface area contributed by atoms with Crippen molar-refractivity contribution in [1.82, 2.24) is 4.98 Å². The Hall–Kier alpha value is -0.630. The van der Waals surface area contributed by atoms with Crippen LogP contribution in [0, 0.1) is 12.7 Å². The van der Waals surface area contributed by atoms with E-state index in [-0.39, 0.29) is 5.02 Å². The van der Waals surface area contributed by atoms with E-state index in [4.69, 9.17) is 11.6 Å². The summed E-state index contributed by atoms with van der Waals surface area (Å²) in [6.45, 7) is 3.45. The summed E-state index contributed by atoms with van der Waals surface area (Å²) in [4.78, 5) is 3.56. The zero-order chi connectivity index (χ0) is 6.85. The normalized spacial score (nSPS) is 9.67. The van der Waals surface area contributed by atoms with Crippen molar-refractivity contribution in [3.05, 3.63) is 35.7 Å². The van der Waals surface area contributed by atoms with E-state index < -0.39 is 5.82 Å². The maximum absolute atomic E-state index is 12.2. The van der Waals surface area contributed by atoms with Crippen molar-refractivity contribution in [2.45, 2.75) is 0 Å². The van der Waals surface area contributed by atoms with Crippen LogP contribution in [0.1, 0.15) is 5.69 Å². The number of nitrogens with zero attached hydrogens (tertiary/aromatic N) is 1. The molecule has 0 atom stereocenters. The standard InChI is InChI=1S/C6H4ClFN/c1-4-6(7)2-5(8)3-9-4/h2-3H,1H2. The highest BCUT2D eigenvalue weighted by atomic mass is 35.5. The third-order valence-electron chi connectivity index (χ3n) is 0.884. The number of pyridine rings is 1. The second-order valence-corrected chi connectivity index (χ2v) is 1.99. The van der Waals surface area contributed by atoms with Gasteiger partial charge in [-0.3, -0.25) is 4.98 Å². The Balaban J connectivity index is 3.17. The van der Waals surface area contributed by atoms with Crippen LogP contribution in [0.4, 0.5) is 4.39 Å². The predicted molar refractivity (Wildman–Crippen MR) is 33.7 cm³/mol.